The standard InChI is InChI=1S/C28H32N4O8S/c1-21(2)40-24-9-11-25(12-10-24)41(36,37)31-16-14-30(15-17-31)23-8-13-26(32(34)35)27(18-23)38-20-28(33)29-39-19-22-6-4-3-5-7-22/h3-13,18,21H,14-17,19-20H2,1-2H3,(H,29,33). The van der Waals surface area contributed by atoms with Crippen LogP contribution < -0.4 is 19.9 Å². The van der Waals surface area contributed by atoms with E-state index in [1.807, 2.05) is 49.1 Å². The molecule has 0 aliphatic carbocycles. The number of anilines is 1. The lowest BCUT2D eigenvalue weighted by molar-refractivity contribution is -0.385. The second kappa shape index (κ2) is 13.4. The molecule has 0 unspecified atom stereocenters. The van der Waals surface area contributed by atoms with Crippen molar-refractivity contribution < 1.29 is 32.4 Å². The summed E-state index contributed by atoms with van der Waals surface area (Å²) in [4.78, 5) is 30.4. The molecule has 41 heavy (non-hydrogen) atoms. The first-order chi connectivity index (χ1) is 19.6. The molecule has 3 aromatic carbocycles. The average molecular weight is 585 g/mol. The van der Waals surface area contributed by atoms with Crippen LogP contribution in [0.5, 0.6) is 11.5 Å². The van der Waals surface area contributed by atoms with Gasteiger partial charge in [-0.25, -0.2) is 13.9 Å². The van der Waals surface area contributed by atoms with Gasteiger partial charge in [-0.2, -0.15) is 4.31 Å². The van der Waals surface area contributed by atoms with E-state index in [0.29, 0.717) is 24.5 Å². The summed E-state index contributed by atoms with van der Waals surface area (Å²) in [6.45, 7) is 4.61. The maximum atomic E-state index is 13.2. The van der Waals surface area contributed by atoms with Crippen molar-refractivity contribution in [2.45, 2.75) is 31.5 Å². The van der Waals surface area contributed by atoms with Crippen molar-refractivity contribution in [1.29, 1.82) is 0 Å². The van der Waals surface area contributed by atoms with E-state index in [-0.39, 0.29) is 42.1 Å². The Bertz CT molecular complexity index is 1440. The largest absolute Gasteiger partial charge is 0.491 e. The SMILES string of the molecule is CC(C)Oc1ccc(S(=O)(=O)N2CCN(c3ccc([N+](=O)[O-])c(OCC(=O)NOCc4ccccc4)c3)CC2)cc1. The molecular formula is C28H32N4O8S. The Hall–Kier alpha value is -4.20. The number of nitro groups is 1. The minimum Gasteiger partial charge on any atom is -0.491 e. The van der Waals surface area contributed by atoms with E-state index >= 15 is 0 Å². The Kier molecular flexibility index (Phi) is 9.76. The number of amides is 1. The summed E-state index contributed by atoms with van der Waals surface area (Å²) in [7, 11) is -3.70. The zero-order valence-corrected chi connectivity index (χ0v) is 23.6. The van der Waals surface area contributed by atoms with Crippen LogP contribution in [0.1, 0.15) is 19.4 Å². The molecule has 1 heterocycles. The molecule has 12 nitrogen and oxygen atoms in total. The molecule has 0 aromatic heterocycles. The van der Waals surface area contributed by atoms with Gasteiger partial charge in [0.15, 0.2) is 12.4 Å². The highest BCUT2D eigenvalue weighted by molar-refractivity contribution is 7.89. The highest BCUT2D eigenvalue weighted by Gasteiger charge is 2.29. The van der Waals surface area contributed by atoms with E-state index in [9.17, 15) is 23.3 Å². The van der Waals surface area contributed by atoms with Crippen molar-refractivity contribution >= 4 is 27.3 Å². The fourth-order valence-electron chi connectivity index (χ4n) is 4.21. The average Bonchev–Trinajstić information content (AvgIpc) is 2.96. The number of benzene rings is 3. The van der Waals surface area contributed by atoms with Crippen LogP contribution in [0.25, 0.3) is 0 Å². The molecule has 1 N–H and O–H groups in total. The number of sulfonamides is 1. The molecule has 13 heteroatoms. The Labute approximate surface area is 238 Å². The number of hydroxylamine groups is 1. The smallest absolute Gasteiger partial charge is 0.311 e. The van der Waals surface area contributed by atoms with E-state index in [0.717, 1.165) is 5.56 Å². The molecule has 1 amide bonds. The highest BCUT2D eigenvalue weighted by Crippen LogP contribution is 2.32. The molecule has 1 saturated heterocycles. The van der Waals surface area contributed by atoms with Crippen LogP contribution in [-0.4, -0.2) is 62.4 Å². The van der Waals surface area contributed by atoms with Crippen molar-refractivity contribution in [2.24, 2.45) is 0 Å². The van der Waals surface area contributed by atoms with Crippen LogP contribution in [0, 0.1) is 10.1 Å². The minimum atomic E-state index is -3.70. The summed E-state index contributed by atoms with van der Waals surface area (Å²) in [6.07, 6.45) is -0.0213. The first-order valence-electron chi connectivity index (χ1n) is 13.0. The third-order valence-corrected chi connectivity index (χ3v) is 8.12. The zero-order valence-electron chi connectivity index (χ0n) is 22.8. The number of nitro benzene ring substituents is 1. The van der Waals surface area contributed by atoms with Gasteiger partial charge in [0.05, 0.1) is 22.5 Å². The van der Waals surface area contributed by atoms with Gasteiger partial charge in [0.2, 0.25) is 10.0 Å². The van der Waals surface area contributed by atoms with Gasteiger partial charge < -0.3 is 14.4 Å². The summed E-state index contributed by atoms with van der Waals surface area (Å²) >= 11 is 0. The van der Waals surface area contributed by atoms with Gasteiger partial charge >= 0.3 is 5.69 Å². The number of nitrogens with one attached hydrogen (secondary N) is 1. The van der Waals surface area contributed by atoms with Crippen LogP contribution in [0.4, 0.5) is 11.4 Å². The molecular weight excluding hydrogens is 552 g/mol. The van der Waals surface area contributed by atoms with Crippen molar-refractivity contribution in [2.75, 3.05) is 37.7 Å². The van der Waals surface area contributed by atoms with E-state index in [1.165, 1.54) is 28.6 Å². The summed E-state index contributed by atoms with van der Waals surface area (Å²) in [5, 5.41) is 11.5. The second-order valence-electron chi connectivity index (χ2n) is 9.53. The number of hydrogen-bond donors (Lipinski definition) is 1. The van der Waals surface area contributed by atoms with Crippen LogP contribution in [0.15, 0.2) is 77.7 Å². The molecule has 1 fully saturated rings. The molecule has 3 aromatic rings. The molecule has 0 saturated carbocycles. The third kappa shape index (κ3) is 7.93. The molecule has 0 atom stereocenters. The van der Waals surface area contributed by atoms with E-state index in [2.05, 4.69) is 5.48 Å². The Morgan fingerprint density at radius 1 is 1.00 bits per heavy atom. The highest BCUT2D eigenvalue weighted by atomic mass is 32.2. The number of ether oxygens (including phenoxy) is 2. The first kappa shape index (κ1) is 29.8. The molecule has 218 valence electrons. The maximum absolute atomic E-state index is 13.2. The van der Waals surface area contributed by atoms with Gasteiger partial charge in [0.1, 0.15) is 5.75 Å². The number of piperazine rings is 1. The summed E-state index contributed by atoms with van der Waals surface area (Å²) in [5.74, 6) is -0.0927. The second-order valence-corrected chi connectivity index (χ2v) is 11.5. The molecule has 4 rings (SSSR count). The van der Waals surface area contributed by atoms with Crippen molar-refractivity contribution in [3.05, 3.63) is 88.5 Å². The van der Waals surface area contributed by atoms with Gasteiger partial charge in [-0.15, -0.1) is 0 Å². The number of hydrogen-bond acceptors (Lipinski definition) is 9. The topological polar surface area (TPSA) is 141 Å². The van der Waals surface area contributed by atoms with Gasteiger partial charge in [-0.05, 0) is 49.7 Å². The van der Waals surface area contributed by atoms with Crippen molar-refractivity contribution in [3.8, 4) is 11.5 Å². The van der Waals surface area contributed by atoms with Gasteiger partial charge in [-0.3, -0.25) is 19.7 Å². The molecule has 0 spiro atoms. The first-order valence-corrected chi connectivity index (χ1v) is 14.4. The Balaban J connectivity index is 1.35. The number of carbonyl (C=O) groups excluding carboxylic acids is 1. The Morgan fingerprint density at radius 2 is 1.68 bits per heavy atom. The summed E-state index contributed by atoms with van der Waals surface area (Å²) < 4.78 is 38.8. The van der Waals surface area contributed by atoms with Crippen molar-refractivity contribution in [3.63, 3.8) is 0 Å². The van der Waals surface area contributed by atoms with E-state index in [4.69, 9.17) is 14.3 Å². The van der Waals surface area contributed by atoms with Gasteiger partial charge in [0, 0.05) is 44.0 Å². The van der Waals surface area contributed by atoms with Crippen LogP contribution in [0.3, 0.4) is 0 Å². The van der Waals surface area contributed by atoms with E-state index in [1.54, 1.807) is 18.2 Å². The normalized spacial score (nSPS) is 14.1. The third-order valence-electron chi connectivity index (χ3n) is 6.20. The lowest BCUT2D eigenvalue weighted by Crippen LogP contribution is -2.48. The molecule has 1 aliphatic heterocycles. The van der Waals surface area contributed by atoms with Crippen LogP contribution in [-0.2, 0) is 26.3 Å². The fraction of sp³-hybridized carbons (Fsp3) is 0.321. The predicted molar refractivity (Wildman–Crippen MR) is 151 cm³/mol. The van der Waals surface area contributed by atoms with Crippen molar-refractivity contribution in [1.82, 2.24) is 9.79 Å². The predicted octanol–water partition coefficient (Wildman–Crippen LogP) is 3.52. The molecule has 1 aliphatic rings. The monoisotopic (exact) mass is 584 g/mol. The van der Waals surface area contributed by atoms with E-state index < -0.39 is 27.5 Å². The number of carbonyl (C=O) groups is 1. The lowest BCUT2D eigenvalue weighted by Gasteiger charge is -2.35. The molecule has 0 bridgehead atoms. The summed E-state index contributed by atoms with van der Waals surface area (Å²) in [5.41, 5.74) is 3.43. The molecule has 0 radical (unpaired) electrons. The zero-order chi connectivity index (χ0) is 29.4. The quantitative estimate of drug-likeness (QED) is 0.250. The number of nitrogens with zero attached hydrogens (tertiary/aromatic N) is 3. The van der Waals surface area contributed by atoms with Gasteiger partial charge in [0.25, 0.3) is 5.91 Å². The van der Waals surface area contributed by atoms with Crippen LogP contribution >= 0.6 is 0 Å². The number of rotatable bonds is 12. The van der Waals surface area contributed by atoms with Crippen LogP contribution in [0.2, 0.25) is 0 Å². The fourth-order valence-corrected chi connectivity index (χ4v) is 5.63. The maximum Gasteiger partial charge on any atom is 0.311 e. The van der Waals surface area contributed by atoms with Gasteiger partial charge in [-0.1, -0.05) is 30.3 Å². The summed E-state index contributed by atoms with van der Waals surface area (Å²) in [6, 6.07) is 19.9. The minimum absolute atomic E-state index is 0.0213. The Morgan fingerprint density at radius 3 is 2.32 bits per heavy atom. The lowest BCUT2D eigenvalue weighted by atomic mass is 10.2.